The van der Waals surface area contributed by atoms with Crippen LogP contribution in [0.15, 0.2) is 134 Å². The molecule has 11 heteroatoms. The van der Waals surface area contributed by atoms with Crippen molar-refractivity contribution in [2.24, 2.45) is 0 Å². The highest BCUT2D eigenvalue weighted by molar-refractivity contribution is 5.81. The number of hydrogen-bond donors (Lipinski definition) is 2. The van der Waals surface area contributed by atoms with Crippen molar-refractivity contribution in [3.63, 3.8) is 0 Å². The lowest BCUT2D eigenvalue weighted by Crippen LogP contribution is -2.51. The van der Waals surface area contributed by atoms with Crippen LogP contribution in [-0.2, 0) is 50.1 Å². The molecule has 0 unspecified atom stereocenters. The fraction of sp³-hybridized carbons (Fsp3) is 0.275. The van der Waals surface area contributed by atoms with E-state index in [1.54, 1.807) is 10.9 Å². The Morgan fingerprint density at radius 2 is 1.10 bits per heavy atom. The minimum Gasteiger partial charge on any atom is -0.386 e. The zero-order valence-electron chi connectivity index (χ0n) is 28.1. The molecule has 0 bridgehead atoms. The molecule has 1 saturated heterocycles. The zero-order valence-corrected chi connectivity index (χ0v) is 28.1. The van der Waals surface area contributed by atoms with Crippen LogP contribution in [0.4, 0.5) is 5.82 Å². The van der Waals surface area contributed by atoms with Gasteiger partial charge in [0.1, 0.15) is 42.4 Å². The van der Waals surface area contributed by atoms with Gasteiger partial charge >= 0.3 is 0 Å². The number of hydrogen-bond acceptors (Lipinski definition) is 10. The van der Waals surface area contributed by atoms with Gasteiger partial charge in [0.15, 0.2) is 17.7 Å². The van der Waals surface area contributed by atoms with E-state index < -0.39 is 36.7 Å². The number of aliphatic hydroxyl groups is 1. The van der Waals surface area contributed by atoms with Crippen LogP contribution >= 0.6 is 0 Å². The first-order valence-electron chi connectivity index (χ1n) is 17.0. The Labute approximate surface area is 296 Å². The summed E-state index contributed by atoms with van der Waals surface area (Å²) in [6, 6.07) is 39.5. The number of nitrogens with two attached hydrogens (primary N) is 1. The molecule has 7 rings (SSSR count). The minimum absolute atomic E-state index is 0.123. The van der Waals surface area contributed by atoms with E-state index in [1.165, 1.54) is 6.33 Å². The molecule has 0 spiro atoms. The van der Waals surface area contributed by atoms with Crippen molar-refractivity contribution in [3.8, 4) is 0 Å². The molecule has 11 nitrogen and oxygen atoms in total. The molecule has 262 valence electrons. The third kappa shape index (κ3) is 8.49. The van der Waals surface area contributed by atoms with Crippen LogP contribution in [0.1, 0.15) is 28.5 Å². The first-order chi connectivity index (χ1) is 25.1. The van der Waals surface area contributed by atoms with Crippen molar-refractivity contribution in [2.75, 3.05) is 12.3 Å². The van der Waals surface area contributed by atoms with Gasteiger partial charge in [0.2, 0.25) is 0 Å². The molecule has 1 fully saturated rings. The van der Waals surface area contributed by atoms with Gasteiger partial charge in [-0.2, -0.15) is 0 Å². The molecule has 6 atom stereocenters. The van der Waals surface area contributed by atoms with Gasteiger partial charge < -0.3 is 34.5 Å². The normalized spacial score (nSPS) is 22.1. The molecule has 0 saturated carbocycles. The smallest absolute Gasteiger partial charge is 0.167 e. The Morgan fingerprint density at radius 3 is 1.65 bits per heavy atom. The van der Waals surface area contributed by atoms with Gasteiger partial charge in [-0.1, -0.05) is 121 Å². The highest BCUT2D eigenvalue weighted by atomic mass is 16.6. The Hall–Kier alpha value is -5.01. The monoisotopic (exact) mass is 687 g/mol. The van der Waals surface area contributed by atoms with Crippen molar-refractivity contribution in [3.05, 3.63) is 156 Å². The molecule has 3 N–H and O–H groups in total. The largest absolute Gasteiger partial charge is 0.386 e. The molecule has 0 aliphatic carbocycles. The zero-order chi connectivity index (χ0) is 34.8. The molecule has 51 heavy (non-hydrogen) atoms. The SMILES string of the molecule is Nc1ncnc2c1ncn2[C@@H]1O[C@H](COCc2ccccc2)[C@H](OCc2ccccc2)[C@H](OCc2ccccc2)[C@@H](OCc2ccccc2)[C@H]1O. The lowest BCUT2D eigenvalue weighted by Gasteiger charge is -2.35. The number of aliphatic hydroxyl groups excluding tert-OH is 1. The van der Waals surface area contributed by atoms with Crippen molar-refractivity contribution in [1.82, 2.24) is 19.5 Å². The predicted octanol–water partition coefficient (Wildman–Crippen LogP) is 5.64. The highest BCUT2D eigenvalue weighted by Crippen LogP contribution is 2.35. The maximum absolute atomic E-state index is 12.4. The number of nitrogen functional groups attached to an aromatic ring is 1. The third-order valence-electron chi connectivity index (χ3n) is 8.87. The van der Waals surface area contributed by atoms with Gasteiger partial charge in [-0.3, -0.25) is 4.57 Å². The van der Waals surface area contributed by atoms with Crippen LogP contribution in [0, 0.1) is 0 Å². The van der Waals surface area contributed by atoms with Crippen LogP contribution in [-0.4, -0.2) is 61.8 Å². The van der Waals surface area contributed by atoms with E-state index in [2.05, 4.69) is 15.0 Å². The Kier molecular flexibility index (Phi) is 11.3. The molecule has 6 aromatic rings. The van der Waals surface area contributed by atoms with E-state index >= 15 is 0 Å². The van der Waals surface area contributed by atoms with E-state index in [1.807, 2.05) is 121 Å². The number of anilines is 1. The van der Waals surface area contributed by atoms with Crippen LogP contribution in [0.2, 0.25) is 0 Å². The summed E-state index contributed by atoms with van der Waals surface area (Å²) in [6.07, 6.45) is -2.63. The van der Waals surface area contributed by atoms with Gasteiger partial charge in [0, 0.05) is 0 Å². The molecule has 2 aromatic heterocycles. The number of rotatable bonds is 14. The highest BCUT2D eigenvalue weighted by Gasteiger charge is 2.49. The fourth-order valence-electron chi connectivity index (χ4n) is 6.27. The topological polar surface area (TPSA) is 136 Å². The number of ether oxygens (including phenoxy) is 5. The number of benzene rings is 4. The number of nitrogens with zero attached hydrogens (tertiary/aromatic N) is 4. The standard InChI is InChI=1S/C40H41N5O6/c41-38-33-39(43-26-42-38)45(27-44-33)40-34(46)36(49-23-30-17-9-3-10-18-30)37(50-24-31-19-11-4-12-20-31)35(48-22-29-15-7-2-8-16-29)32(51-40)25-47-21-28-13-5-1-6-14-28/h1-20,26-27,32,34-37,40,46H,21-25H2,(H2,41,42,43)/t32-,34-,35+,36+,37+,40-/m1/s1. The third-order valence-corrected chi connectivity index (χ3v) is 8.87. The second-order valence-electron chi connectivity index (χ2n) is 12.4. The lowest BCUT2D eigenvalue weighted by molar-refractivity contribution is -0.185. The molecule has 4 aromatic carbocycles. The van der Waals surface area contributed by atoms with Gasteiger partial charge in [-0.05, 0) is 22.3 Å². The predicted molar refractivity (Wildman–Crippen MR) is 191 cm³/mol. The van der Waals surface area contributed by atoms with Crippen molar-refractivity contribution in [1.29, 1.82) is 0 Å². The van der Waals surface area contributed by atoms with Crippen LogP contribution < -0.4 is 5.73 Å². The molecule has 1 aliphatic rings. The van der Waals surface area contributed by atoms with Crippen LogP contribution in [0.5, 0.6) is 0 Å². The van der Waals surface area contributed by atoms with Gasteiger partial charge in [0.05, 0.1) is 39.4 Å². The Morgan fingerprint density at radius 1 is 0.608 bits per heavy atom. The van der Waals surface area contributed by atoms with E-state index in [9.17, 15) is 5.11 Å². The Balaban J connectivity index is 1.29. The summed E-state index contributed by atoms with van der Waals surface area (Å²) in [6.45, 7) is 1.19. The quantitative estimate of drug-likeness (QED) is 0.148. The second kappa shape index (κ2) is 16.8. The fourth-order valence-corrected chi connectivity index (χ4v) is 6.27. The van der Waals surface area contributed by atoms with E-state index in [4.69, 9.17) is 29.4 Å². The summed E-state index contributed by atoms with van der Waals surface area (Å²) >= 11 is 0. The van der Waals surface area contributed by atoms with E-state index in [-0.39, 0.29) is 32.2 Å². The number of aromatic nitrogens is 4. The number of imidazole rings is 1. The minimum atomic E-state index is -1.27. The maximum Gasteiger partial charge on any atom is 0.167 e. The molecular formula is C40H41N5O6. The summed E-state index contributed by atoms with van der Waals surface area (Å²) in [5, 5.41) is 12.4. The van der Waals surface area contributed by atoms with E-state index in [0.29, 0.717) is 17.8 Å². The summed E-state index contributed by atoms with van der Waals surface area (Å²) in [5.41, 5.74) is 10.9. The molecule has 3 heterocycles. The average molecular weight is 688 g/mol. The average Bonchev–Trinajstić information content (AvgIpc) is 3.58. The van der Waals surface area contributed by atoms with Crippen LogP contribution in [0.3, 0.4) is 0 Å². The van der Waals surface area contributed by atoms with Crippen molar-refractivity contribution in [2.45, 2.75) is 63.2 Å². The summed E-state index contributed by atoms with van der Waals surface area (Å²) < 4.78 is 35.1. The van der Waals surface area contributed by atoms with Crippen LogP contribution in [0.25, 0.3) is 11.2 Å². The molecular weight excluding hydrogens is 646 g/mol. The van der Waals surface area contributed by atoms with Gasteiger partial charge in [-0.25, -0.2) is 15.0 Å². The molecule has 1 aliphatic heterocycles. The summed E-state index contributed by atoms with van der Waals surface area (Å²) in [5.74, 6) is 0.217. The van der Waals surface area contributed by atoms with Gasteiger partial charge in [-0.15, -0.1) is 0 Å². The summed E-state index contributed by atoms with van der Waals surface area (Å²) in [7, 11) is 0. The van der Waals surface area contributed by atoms with Crippen molar-refractivity contribution < 1.29 is 28.8 Å². The molecule has 0 radical (unpaired) electrons. The van der Waals surface area contributed by atoms with Crippen molar-refractivity contribution >= 4 is 17.0 Å². The number of fused-ring (bicyclic) bond motifs is 1. The second-order valence-corrected chi connectivity index (χ2v) is 12.4. The van der Waals surface area contributed by atoms with E-state index in [0.717, 1.165) is 22.3 Å². The molecule has 0 amide bonds. The first kappa shape index (κ1) is 34.4. The first-order valence-corrected chi connectivity index (χ1v) is 17.0. The lowest BCUT2D eigenvalue weighted by atomic mass is 9.99. The summed E-state index contributed by atoms with van der Waals surface area (Å²) in [4.78, 5) is 13.0. The van der Waals surface area contributed by atoms with Gasteiger partial charge in [0.25, 0.3) is 0 Å². The maximum atomic E-state index is 12.4. The Bertz CT molecular complexity index is 1930.